The summed E-state index contributed by atoms with van der Waals surface area (Å²) in [6.45, 7) is 2.32. The van der Waals surface area contributed by atoms with E-state index in [4.69, 9.17) is 9.47 Å². The predicted octanol–water partition coefficient (Wildman–Crippen LogP) is 8.09. The van der Waals surface area contributed by atoms with Crippen LogP contribution in [0.15, 0.2) is 0 Å². The molecule has 1 aliphatic rings. The van der Waals surface area contributed by atoms with E-state index in [2.05, 4.69) is 0 Å². The van der Waals surface area contributed by atoms with Crippen LogP contribution in [-0.4, -0.2) is 43.9 Å². The molecule has 1 rings (SSSR count). The van der Waals surface area contributed by atoms with Crippen LogP contribution in [0.4, 0.5) is 30.7 Å². The van der Waals surface area contributed by atoms with Gasteiger partial charge in [-0.25, -0.2) is 0 Å². The summed E-state index contributed by atoms with van der Waals surface area (Å²) in [6.07, 6.45) is 4.76. The zero-order chi connectivity index (χ0) is 23.2. The van der Waals surface area contributed by atoms with Gasteiger partial charge in [0.15, 0.2) is 0 Å². The maximum absolute atomic E-state index is 13.1. The quantitative estimate of drug-likeness (QED) is 0.150. The summed E-state index contributed by atoms with van der Waals surface area (Å²) in [5.41, 5.74) is 0. The van der Waals surface area contributed by atoms with Gasteiger partial charge in [-0.05, 0) is 25.7 Å². The molecule has 2 nitrogen and oxygen atoms in total. The number of hydrogen-bond donors (Lipinski definition) is 0. The van der Waals surface area contributed by atoms with Gasteiger partial charge < -0.3 is 9.47 Å². The molecule has 0 amide bonds. The molecular formula is C22H37F7O2. The molecule has 1 atom stereocenters. The number of halogens is 7. The molecule has 1 unspecified atom stereocenters. The Hall–Kier alpha value is -0.570. The first-order chi connectivity index (χ1) is 14.6. The fourth-order valence-electron chi connectivity index (χ4n) is 3.67. The number of unbranched alkanes of at least 4 members (excludes halogenated alkanes) is 11. The molecule has 0 saturated carbocycles. The zero-order valence-corrected chi connectivity index (χ0v) is 18.3. The normalized spacial score (nSPS) is 18.1. The molecule has 0 aromatic heterocycles. The second kappa shape index (κ2) is 14.6. The highest BCUT2D eigenvalue weighted by Crippen LogP contribution is 2.48. The first-order valence-electron chi connectivity index (χ1n) is 11.6. The van der Waals surface area contributed by atoms with Gasteiger partial charge in [-0.1, -0.05) is 64.2 Å². The third kappa shape index (κ3) is 11.2. The average molecular weight is 467 g/mol. The average Bonchev–Trinajstić information content (AvgIpc) is 3.20. The highest BCUT2D eigenvalue weighted by Gasteiger charge is 2.72. The van der Waals surface area contributed by atoms with Crippen molar-refractivity contribution < 1.29 is 40.2 Å². The topological polar surface area (TPSA) is 18.5 Å². The van der Waals surface area contributed by atoms with Crippen molar-refractivity contribution in [3.63, 3.8) is 0 Å². The maximum Gasteiger partial charge on any atom is 0.459 e. The summed E-state index contributed by atoms with van der Waals surface area (Å²) >= 11 is 0. The second-order valence-electron chi connectivity index (χ2n) is 8.48. The van der Waals surface area contributed by atoms with E-state index in [-0.39, 0.29) is 18.9 Å². The van der Waals surface area contributed by atoms with Gasteiger partial charge in [-0.15, -0.1) is 0 Å². The lowest BCUT2D eigenvalue weighted by atomic mass is 10.0. The molecule has 1 saturated heterocycles. The van der Waals surface area contributed by atoms with Crippen LogP contribution in [0.25, 0.3) is 0 Å². The van der Waals surface area contributed by atoms with Crippen LogP contribution in [0.2, 0.25) is 0 Å². The summed E-state index contributed by atoms with van der Waals surface area (Å²) in [6, 6.07) is 0. The summed E-state index contributed by atoms with van der Waals surface area (Å²) in [4.78, 5) is 0. The molecule has 0 bridgehead atoms. The predicted molar refractivity (Wildman–Crippen MR) is 106 cm³/mol. The molecule has 1 fully saturated rings. The number of hydrogen-bond acceptors (Lipinski definition) is 2. The minimum absolute atomic E-state index is 0.235. The van der Waals surface area contributed by atoms with Gasteiger partial charge in [0.1, 0.15) is 0 Å². The van der Waals surface area contributed by atoms with Gasteiger partial charge in [-0.2, -0.15) is 30.7 Å². The minimum Gasteiger partial charge on any atom is -0.379 e. The third-order valence-corrected chi connectivity index (χ3v) is 5.67. The van der Waals surface area contributed by atoms with Crippen molar-refractivity contribution in [2.45, 2.75) is 120 Å². The molecule has 9 heteroatoms. The van der Waals surface area contributed by atoms with Gasteiger partial charge >= 0.3 is 18.0 Å². The van der Waals surface area contributed by atoms with E-state index < -0.39 is 24.4 Å². The second-order valence-corrected chi connectivity index (χ2v) is 8.48. The Labute approximate surface area is 181 Å². The fourth-order valence-corrected chi connectivity index (χ4v) is 3.67. The summed E-state index contributed by atoms with van der Waals surface area (Å²) in [5.74, 6) is -11.0. The van der Waals surface area contributed by atoms with Gasteiger partial charge in [-0.3, -0.25) is 0 Å². The smallest absolute Gasteiger partial charge is 0.379 e. The Morgan fingerprint density at radius 2 is 1.16 bits per heavy atom. The molecule has 1 aliphatic heterocycles. The van der Waals surface area contributed by atoms with Crippen molar-refractivity contribution in [1.29, 1.82) is 0 Å². The van der Waals surface area contributed by atoms with Crippen molar-refractivity contribution >= 4 is 0 Å². The lowest BCUT2D eigenvalue weighted by molar-refractivity contribution is -0.355. The Balaban J connectivity index is 1.84. The van der Waals surface area contributed by atoms with Crippen molar-refractivity contribution in [3.05, 3.63) is 0 Å². The number of rotatable bonds is 18. The number of alkyl halides is 7. The summed E-state index contributed by atoms with van der Waals surface area (Å²) in [5, 5.41) is 0. The summed E-state index contributed by atoms with van der Waals surface area (Å²) in [7, 11) is 0. The van der Waals surface area contributed by atoms with E-state index in [1.165, 1.54) is 6.42 Å². The minimum atomic E-state index is -6.23. The van der Waals surface area contributed by atoms with Gasteiger partial charge in [0, 0.05) is 19.6 Å². The van der Waals surface area contributed by atoms with E-state index in [9.17, 15) is 30.7 Å². The SMILES string of the molecule is FC(F)(F)C(F)(F)C(F)(F)CCCCCCCCCCCCCCOCC1CCCO1. The fraction of sp³-hybridized carbons (Fsp3) is 1.00. The largest absolute Gasteiger partial charge is 0.459 e. The van der Waals surface area contributed by atoms with Crippen molar-refractivity contribution in [2.24, 2.45) is 0 Å². The Morgan fingerprint density at radius 3 is 1.61 bits per heavy atom. The molecule has 0 radical (unpaired) electrons. The molecule has 0 spiro atoms. The van der Waals surface area contributed by atoms with Crippen LogP contribution < -0.4 is 0 Å². The van der Waals surface area contributed by atoms with Crippen LogP contribution in [0, 0.1) is 0 Å². The highest BCUT2D eigenvalue weighted by molar-refractivity contribution is 4.90. The van der Waals surface area contributed by atoms with Gasteiger partial charge in [0.05, 0.1) is 12.7 Å². The van der Waals surface area contributed by atoms with E-state index in [0.717, 1.165) is 77.4 Å². The lowest BCUT2D eigenvalue weighted by Crippen LogP contribution is -2.51. The maximum atomic E-state index is 13.1. The molecule has 0 aliphatic carbocycles. The van der Waals surface area contributed by atoms with Gasteiger partial charge in [0.2, 0.25) is 0 Å². The van der Waals surface area contributed by atoms with E-state index in [1.54, 1.807) is 0 Å². The van der Waals surface area contributed by atoms with Crippen LogP contribution in [0.3, 0.4) is 0 Å². The molecule has 31 heavy (non-hydrogen) atoms. The highest BCUT2D eigenvalue weighted by atomic mass is 19.4. The van der Waals surface area contributed by atoms with Crippen LogP contribution >= 0.6 is 0 Å². The monoisotopic (exact) mass is 466 g/mol. The lowest BCUT2D eigenvalue weighted by Gasteiger charge is -2.28. The molecule has 0 aromatic rings. The molecular weight excluding hydrogens is 429 g/mol. The third-order valence-electron chi connectivity index (χ3n) is 5.67. The van der Waals surface area contributed by atoms with Crippen LogP contribution in [0.5, 0.6) is 0 Å². The molecule has 1 heterocycles. The Morgan fingerprint density at radius 1 is 0.677 bits per heavy atom. The van der Waals surface area contributed by atoms with Crippen molar-refractivity contribution in [3.8, 4) is 0 Å². The Bertz CT molecular complexity index is 450. The standard InChI is InChI=1S/C22H37F7O2/c23-20(24,21(25,26)22(27,28)29)15-11-9-7-5-3-1-2-4-6-8-10-12-16-30-18-19-14-13-17-31-19/h19H,1-18H2. The Kier molecular flexibility index (Phi) is 13.4. The van der Waals surface area contributed by atoms with E-state index >= 15 is 0 Å². The van der Waals surface area contributed by atoms with E-state index in [1.807, 2.05) is 0 Å². The van der Waals surface area contributed by atoms with E-state index in [0.29, 0.717) is 13.0 Å². The van der Waals surface area contributed by atoms with Gasteiger partial charge in [0.25, 0.3) is 0 Å². The molecule has 0 aromatic carbocycles. The summed E-state index contributed by atoms with van der Waals surface area (Å²) < 4.78 is 99.0. The zero-order valence-electron chi connectivity index (χ0n) is 18.3. The van der Waals surface area contributed by atoms with Crippen molar-refractivity contribution in [2.75, 3.05) is 19.8 Å². The first kappa shape index (κ1) is 28.5. The number of ether oxygens (including phenoxy) is 2. The van der Waals surface area contributed by atoms with Crippen LogP contribution in [-0.2, 0) is 9.47 Å². The molecule has 186 valence electrons. The van der Waals surface area contributed by atoms with Crippen LogP contribution in [0.1, 0.15) is 96.3 Å². The first-order valence-corrected chi connectivity index (χ1v) is 11.6. The molecule has 0 N–H and O–H groups in total. The van der Waals surface area contributed by atoms with Crippen molar-refractivity contribution in [1.82, 2.24) is 0 Å².